The highest BCUT2D eigenvalue weighted by Crippen LogP contribution is 2.12. The molecule has 5 heteroatoms. The van der Waals surface area contributed by atoms with E-state index in [2.05, 4.69) is 33.4 Å². The van der Waals surface area contributed by atoms with Gasteiger partial charge in [0.2, 0.25) is 0 Å². The van der Waals surface area contributed by atoms with Gasteiger partial charge < -0.3 is 15.3 Å². The Morgan fingerprint density at radius 3 is 2.50 bits per heavy atom. The largest absolute Gasteiger partial charge is 0.394 e. The van der Waals surface area contributed by atoms with Crippen LogP contribution in [0.4, 0.5) is 4.79 Å². The second-order valence-electron chi connectivity index (χ2n) is 5.16. The summed E-state index contributed by atoms with van der Waals surface area (Å²) in [5.74, 6) is 0. The molecule has 0 fully saturated rings. The van der Waals surface area contributed by atoms with Gasteiger partial charge in [0.1, 0.15) is 0 Å². The molecule has 112 valence electrons. The summed E-state index contributed by atoms with van der Waals surface area (Å²) in [7, 11) is 1.69. The minimum atomic E-state index is -0.173. The molecule has 0 aliphatic rings. The van der Waals surface area contributed by atoms with Gasteiger partial charge in [-0.1, -0.05) is 28.1 Å². The number of carbonyl (C=O) groups is 1. The highest BCUT2D eigenvalue weighted by molar-refractivity contribution is 9.10. The predicted molar refractivity (Wildman–Crippen MR) is 84.8 cm³/mol. The van der Waals surface area contributed by atoms with Crippen molar-refractivity contribution in [2.75, 3.05) is 13.7 Å². The smallest absolute Gasteiger partial charge is 0.317 e. The minimum absolute atomic E-state index is 0.0306. The molecule has 0 saturated carbocycles. The van der Waals surface area contributed by atoms with E-state index < -0.39 is 0 Å². The molecule has 0 heterocycles. The highest BCUT2D eigenvalue weighted by atomic mass is 79.9. The summed E-state index contributed by atoms with van der Waals surface area (Å²) in [6.45, 7) is 3.78. The standard InChI is InChI=1S/C15H23BrN2O2/c1-11(17-15(20)18(3)12(2)10-19)4-5-13-6-8-14(16)9-7-13/h6-9,11-12,19H,4-5,10H2,1-3H3,(H,17,20)/t11-,12+/m1/s1. The fourth-order valence-electron chi connectivity index (χ4n) is 1.74. The second-order valence-corrected chi connectivity index (χ2v) is 6.07. The minimum Gasteiger partial charge on any atom is -0.394 e. The van der Waals surface area contributed by atoms with E-state index in [1.165, 1.54) is 10.5 Å². The number of aryl methyl sites for hydroxylation is 1. The number of aliphatic hydroxyl groups excluding tert-OH is 1. The van der Waals surface area contributed by atoms with Gasteiger partial charge in [0.25, 0.3) is 0 Å². The number of rotatable bonds is 6. The monoisotopic (exact) mass is 342 g/mol. The lowest BCUT2D eigenvalue weighted by molar-refractivity contribution is 0.155. The number of benzene rings is 1. The van der Waals surface area contributed by atoms with Crippen LogP contribution >= 0.6 is 15.9 Å². The van der Waals surface area contributed by atoms with E-state index in [9.17, 15) is 4.79 Å². The molecule has 4 nitrogen and oxygen atoms in total. The molecule has 1 aromatic carbocycles. The van der Waals surface area contributed by atoms with E-state index in [-0.39, 0.29) is 24.7 Å². The van der Waals surface area contributed by atoms with Crippen LogP contribution in [0.1, 0.15) is 25.8 Å². The van der Waals surface area contributed by atoms with Crippen molar-refractivity contribution in [3.05, 3.63) is 34.3 Å². The summed E-state index contributed by atoms with van der Waals surface area (Å²) in [5.41, 5.74) is 1.26. The van der Waals surface area contributed by atoms with Crippen LogP contribution in [0.3, 0.4) is 0 Å². The van der Waals surface area contributed by atoms with Crippen LogP contribution in [0.5, 0.6) is 0 Å². The van der Waals surface area contributed by atoms with Gasteiger partial charge in [0.15, 0.2) is 0 Å². The summed E-state index contributed by atoms with van der Waals surface area (Å²) in [6.07, 6.45) is 1.81. The molecule has 0 aliphatic carbocycles. The van der Waals surface area contributed by atoms with Crippen LogP contribution in [0.25, 0.3) is 0 Å². The normalized spacial score (nSPS) is 13.7. The highest BCUT2D eigenvalue weighted by Gasteiger charge is 2.16. The van der Waals surface area contributed by atoms with Crippen LogP contribution in [0.2, 0.25) is 0 Å². The topological polar surface area (TPSA) is 52.6 Å². The summed E-state index contributed by atoms with van der Waals surface area (Å²) in [4.78, 5) is 13.4. The van der Waals surface area contributed by atoms with Gasteiger partial charge in [0, 0.05) is 17.6 Å². The molecular formula is C15H23BrN2O2. The summed E-state index contributed by atoms with van der Waals surface area (Å²) < 4.78 is 1.07. The number of hydrogen-bond acceptors (Lipinski definition) is 2. The number of nitrogens with zero attached hydrogens (tertiary/aromatic N) is 1. The van der Waals surface area contributed by atoms with Crippen molar-refractivity contribution in [2.45, 2.75) is 38.8 Å². The average Bonchev–Trinajstić information content (AvgIpc) is 2.44. The Morgan fingerprint density at radius 1 is 1.35 bits per heavy atom. The molecule has 2 atom stereocenters. The fourth-order valence-corrected chi connectivity index (χ4v) is 2.01. The van der Waals surface area contributed by atoms with Gasteiger partial charge in [-0.2, -0.15) is 0 Å². The van der Waals surface area contributed by atoms with E-state index in [1.54, 1.807) is 7.05 Å². The molecule has 2 N–H and O–H groups in total. The maximum Gasteiger partial charge on any atom is 0.317 e. The first kappa shape index (κ1) is 17.0. The van der Waals surface area contributed by atoms with Crippen molar-refractivity contribution in [1.29, 1.82) is 0 Å². The lowest BCUT2D eigenvalue weighted by atomic mass is 10.1. The molecule has 1 aromatic rings. The summed E-state index contributed by atoms with van der Waals surface area (Å²) in [5, 5.41) is 12.0. The molecule has 0 aromatic heterocycles. The maximum absolute atomic E-state index is 11.9. The Kier molecular flexibility index (Phi) is 7.02. The van der Waals surface area contributed by atoms with Crippen molar-refractivity contribution < 1.29 is 9.90 Å². The Hall–Kier alpha value is -1.07. The van der Waals surface area contributed by atoms with E-state index in [0.29, 0.717) is 0 Å². The third kappa shape index (κ3) is 5.51. The van der Waals surface area contributed by atoms with Crippen molar-refractivity contribution in [3.63, 3.8) is 0 Å². The third-order valence-electron chi connectivity index (χ3n) is 3.39. The number of likely N-dealkylation sites (N-methyl/N-ethyl adjacent to an activating group) is 1. The van der Waals surface area contributed by atoms with Gasteiger partial charge in [-0.15, -0.1) is 0 Å². The Morgan fingerprint density at radius 2 is 1.95 bits per heavy atom. The van der Waals surface area contributed by atoms with Crippen LogP contribution in [0.15, 0.2) is 28.7 Å². The summed E-state index contributed by atoms with van der Waals surface area (Å²) in [6, 6.07) is 7.99. The third-order valence-corrected chi connectivity index (χ3v) is 3.92. The van der Waals surface area contributed by atoms with Crippen LogP contribution in [0, 0.1) is 0 Å². The van der Waals surface area contributed by atoms with Gasteiger partial charge in [-0.25, -0.2) is 4.79 Å². The first-order valence-corrected chi connectivity index (χ1v) is 7.62. The molecule has 0 spiro atoms. The molecule has 2 amide bonds. The number of carbonyl (C=O) groups excluding carboxylic acids is 1. The van der Waals surface area contributed by atoms with Crippen molar-refractivity contribution in [1.82, 2.24) is 10.2 Å². The molecule has 0 saturated heterocycles. The van der Waals surface area contributed by atoms with Crippen LogP contribution < -0.4 is 5.32 Å². The van der Waals surface area contributed by atoms with E-state index in [4.69, 9.17) is 5.11 Å². The van der Waals surface area contributed by atoms with Crippen molar-refractivity contribution in [2.24, 2.45) is 0 Å². The first-order valence-electron chi connectivity index (χ1n) is 6.82. The Balaban J connectivity index is 2.38. The number of aliphatic hydroxyl groups is 1. The Labute approximate surface area is 129 Å². The predicted octanol–water partition coefficient (Wildman–Crippen LogP) is 2.79. The number of hydrogen-bond donors (Lipinski definition) is 2. The SMILES string of the molecule is C[C@H](CCc1ccc(Br)cc1)NC(=O)N(C)[C@@H](C)CO. The van der Waals surface area contributed by atoms with Gasteiger partial charge in [-0.3, -0.25) is 0 Å². The molecule has 20 heavy (non-hydrogen) atoms. The zero-order valence-electron chi connectivity index (χ0n) is 12.3. The van der Waals surface area contributed by atoms with E-state index in [0.717, 1.165) is 17.3 Å². The molecular weight excluding hydrogens is 320 g/mol. The molecule has 1 rings (SSSR count). The summed E-state index contributed by atoms with van der Waals surface area (Å²) >= 11 is 3.41. The second kappa shape index (κ2) is 8.27. The Bertz CT molecular complexity index is 422. The molecule has 0 bridgehead atoms. The maximum atomic E-state index is 11.9. The number of amides is 2. The fraction of sp³-hybridized carbons (Fsp3) is 0.533. The molecule has 0 aliphatic heterocycles. The zero-order chi connectivity index (χ0) is 15.1. The van der Waals surface area contributed by atoms with E-state index >= 15 is 0 Å². The quantitative estimate of drug-likeness (QED) is 0.835. The van der Waals surface area contributed by atoms with Crippen LogP contribution in [-0.2, 0) is 6.42 Å². The first-order chi connectivity index (χ1) is 9.43. The van der Waals surface area contributed by atoms with Gasteiger partial charge in [0.05, 0.1) is 12.6 Å². The number of urea groups is 1. The zero-order valence-corrected chi connectivity index (χ0v) is 13.9. The van der Waals surface area contributed by atoms with E-state index in [1.807, 2.05) is 26.0 Å². The number of nitrogens with one attached hydrogen (secondary N) is 1. The van der Waals surface area contributed by atoms with Gasteiger partial charge >= 0.3 is 6.03 Å². The molecule has 0 unspecified atom stereocenters. The van der Waals surface area contributed by atoms with Crippen molar-refractivity contribution >= 4 is 22.0 Å². The molecule has 0 radical (unpaired) electrons. The average molecular weight is 343 g/mol. The lowest BCUT2D eigenvalue weighted by Gasteiger charge is -2.25. The number of halogens is 1. The van der Waals surface area contributed by atoms with Crippen molar-refractivity contribution in [3.8, 4) is 0 Å². The lowest BCUT2D eigenvalue weighted by Crippen LogP contribution is -2.46. The van der Waals surface area contributed by atoms with Crippen LogP contribution in [-0.4, -0.2) is 41.8 Å². The van der Waals surface area contributed by atoms with Gasteiger partial charge in [-0.05, 0) is 44.4 Å².